The van der Waals surface area contributed by atoms with E-state index >= 15 is 0 Å². The Labute approximate surface area is 148 Å². The molecule has 3 rings (SSSR count). The summed E-state index contributed by atoms with van der Waals surface area (Å²) in [7, 11) is 1.63. The van der Waals surface area contributed by atoms with E-state index in [0.717, 1.165) is 19.4 Å². The molecule has 7 heteroatoms. The Morgan fingerprint density at radius 1 is 1.28 bits per heavy atom. The number of nitrogens with zero attached hydrogens (tertiary/aromatic N) is 3. The lowest BCUT2D eigenvalue weighted by Crippen LogP contribution is -2.52. The van der Waals surface area contributed by atoms with Crippen LogP contribution >= 0.6 is 0 Å². The topological polar surface area (TPSA) is 82.9 Å². The van der Waals surface area contributed by atoms with E-state index in [1.807, 2.05) is 4.90 Å². The first-order valence-electron chi connectivity index (χ1n) is 9.14. The summed E-state index contributed by atoms with van der Waals surface area (Å²) in [6, 6.07) is 2.25. The Bertz CT molecular complexity index is 567. The Morgan fingerprint density at radius 2 is 2.04 bits per heavy atom. The number of likely N-dealkylation sites (tertiary alicyclic amines) is 2. The fourth-order valence-corrected chi connectivity index (χ4v) is 4.39. The van der Waals surface area contributed by atoms with Crippen molar-refractivity contribution in [1.82, 2.24) is 9.80 Å². The molecule has 1 atom stereocenters. The molecular formula is C18H27N3O4. The van der Waals surface area contributed by atoms with E-state index in [2.05, 4.69) is 6.07 Å². The van der Waals surface area contributed by atoms with Crippen molar-refractivity contribution in [3.8, 4) is 6.07 Å². The van der Waals surface area contributed by atoms with Crippen LogP contribution < -0.4 is 0 Å². The largest absolute Gasteiger partial charge is 0.383 e. The number of carbonyl (C=O) groups excluding carboxylic acids is 2. The molecule has 0 saturated carbocycles. The zero-order chi connectivity index (χ0) is 17.9. The van der Waals surface area contributed by atoms with Gasteiger partial charge in [-0.25, -0.2) is 0 Å². The fraction of sp³-hybridized carbons (Fsp3) is 0.833. The maximum atomic E-state index is 13.0. The van der Waals surface area contributed by atoms with Crippen LogP contribution in [-0.4, -0.2) is 74.7 Å². The molecular weight excluding hydrogens is 322 g/mol. The van der Waals surface area contributed by atoms with Gasteiger partial charge in [-0.1, -0.05) is 0 Å². The molecule has 0 aliphatic carbocycles. The molecule has 3 saturated heterocycles. The second-order valence-electron chi connectivity index (χ2n) is 7.45. The molecule has 138 valence electrons. The van der Waals surface area contributed by atoms with Gasteiger partial charge in [0.05, 0.1) is 18.1 Å². The van der Waals surface area contributed by atoms with Gasteiger partial charge < -0.3 is 19.3 Å². The highest BCUT2D eigenvalue weighted by Crippen LogP contribution is 2.42. The lowest BCUT2D eigenvalue weighted by Gasteiger charge is -2.40. The SMILES string of the molecule is COCCN1CCCC2(CCN(C(=O)C3(C#N)CCOCC3)C2)C1=O. The molecule has 7 nitrogen and oxygen atoms in total. The third-order valence-electron chi connectivity index (χ3n) is 6.00. The van der Waals surface area contributed by atoms with Gasteiger partial charge in [-0.15, -0.1) is 0 Å². The van der Waals surface area contributed by atoms with Crippen LogP contribution in [0, 0.1) is 22.2 Å². The van der Waals surface area contributed by atoms with Crippen molar-refractivity contribution < 1.29 is 19.1 Å². The van der Waals surface area contributed by atoms with E-state index in [9.17, 15) is 14.9 Å². The van der Waals surface area contributed by atoms with Crippen molar-refractivity contribution >= 4 is 11.8 Å². The lowest BCUT2D eigenvalue weighted by atomic mass is 9.77. The predicted octanol–water partition coefficient (Wildman–Crippen LogP) is 0.794. The van der Waals surface area contributed by atoms with E-state index in [4.69, 9.17) is 9.47 Å². The van der Waals surface area contributed by atoms with Gasteiger partial charge >= 0.3 is 0 Å². The molecule has 0 bridgehead atoms. The third kappa shape index (κ3) is 3.25. The quantitative estimate of drug-likeness (QED) is 0.749. The van der Waals surface area contributed by atoms with Crippen molar-refractivity contribution in [1.29, 1.82) is 5.26 Å². The molecule has 0 aromatic heterocycles. The minimum absolute atomic E-state index is 0.114. The van der Waals surface area contributed by atoms with Gasteiger partial charge in [-0.05, 0) is 32.1 Å². The number of rotatable bonds is 4. The molecule has 1 spiro atoms. The zero-order valence-electron chi connectivity index (χ0n) is 15.0. The summed E-state index contributed by atoms with van der Waals surface area (Å²) in [5, 5.41) is 9.62. The summed E-state index contributed by atoms with van der Waals surface area (Å²) in [5.41, 5.74) is -1.44. The number of nitriles is 1. The van der Waals surface area contributed by atoms with Gasteiger partial charge in [0.2, 0.25) is 11.8 Å². The van der Waals surface area contributed by atoms with E-state index < -0.39 is 10.8 Å². The molecule has 0 radical (unpaired) electrons. The number of methoxy groups -OCH3 is 1. The van der Waals surface area contributed by atoms with Crippen LogP contribution in [0.15, 0.2) is 0 Å². The molecule has 3 heterocycles. The summed E-state index contributed by atoms with van der Waals surface area (Å²) in [5.74, 6) is 0.0288. The van der Waals surface area contributed by atoms with Gasteiger partial charge in [0, 0.05) is 46.5 Å². The van der Waals surface area contributed by atoms with Crippen molar-refractivity contribution in [3.63, 3.8) is 0 Å². The summed E-state index contributed by atoms with van der Waals surface area (Å²) in [6.07, 6.45) is 3.36. The van der Waals surface area contributed by atoms with Gasteiger partial charge in [-0.2, -0.15) is 5.26 Å². The molecule has 3 aliphatic rings. The normalized spacial score (nSPS) is 29.0. The minimum atomic E-state index is -0.975. The highest BCUT2D eigenvalue weighted by atomic mass is 16.5. The van der Waals surface area contributed by atoms with Crippen LogP contribution in [0.3, 0.4) is 0 Å². The molecule has 3 fully saturated rings. The monoisotopic (exact) mass is 349 g/mol. The summed E-state index contributed by atoms with van der Waals surface area (Å²) < 4.78 is 10.4. The minimum Gasteiger partial charge on any atom is -0.383 e. The molecule has 1 unspecified atom stereocenters. The van der Waals surface area contributed by atoms with Crippen molar-refractivity contribution in [2.24, 2.45) is 10.8 Å². The first kappa shape index (κ1) is 18.2. The van der Waals surface area contributed by atoms with Crippen LogP contribution in [0.2, 0.25) is 0 Å². The van der Waals surface area contributed by atoms with Gasteiger partial charge in [0.25, 0.3) is 0 Å². The molecule has 25 heavy (non-hydrogen) atoms. The molecule has 3 aliphatic heterocycles. The van der Waals surface area contributed by atoms with Gasteiger partial charge in [0.15, 0.2) is 0 Å². The highest BCUT2D eigenvalue weighted by Gasteiger charge is 2.52. The predicted molar refractivity (Wildman–Crippen MR) is 89.4 cm³/mol. The number of piperidine rings is 1. The molecule has 0 aromatic carbocycles. The summed E-state index contributed by atoms with van der Waals surface area (Å²) >= 11 is 0. The van der Waals surface area contributed by atoms with Crippen LogP contribution in [0.4, 0.5) is 0 Å². The Hall–Kier alpha value is -1.65. The van der Waals surface area contributed by atoms with E-state index in [0.29, 0.717) is 58.7 Å². The smallest absolute Gasteiger partial charge is 0.243 e. The zero-order valence-corrected chi connectivity index (χ0v) is 15.0. The first-order valence-corrected chi connectivity index (χ1v) is 9.14. The first-order chi connectivity index (χ1) is 12.1. The second kappa shape index (κ2) is 7.30. The van der Waals surface area contributed by atoms with E-state index in [1.54, 1.807) is 12.0 Å². The number of hydrogen-bond donors (Lipinski definition) is 0. The molecule has 0 aromatic rings. The molecule has 0 N–H and O–H groups in total. The highest BCUT2D eigenvalue weighted by molar-refractivity contribution is 5.89. The Balaban J connectivity index is 1.71. The fourth-order valence-electron chi connectivity index (χ4n) is 4.39. The third-order valence-corrected chi connectivity index (χ3v) is 6.00. The Kier molecular flexibility index (Phi) is 5.30. The lowest BCUT2D eigenvalue weighted by molar-refractivity contribution is -0.148. The number of amides is 2. The second-order valence-corrected chi connectivity index (χ2v) is 7.45. The number of hydrogen-bond acceptors (Lipinski definition) is 5. The molecule has 2 amide bonds. The van der Waals surface area contributed by atoms with Crippen LogP contribution in [0.5, 0.6) is 0 Å². The van der Waals surface area contributed by atoms with Crippen molar-refractivity contribution in [3.05, 3.63) is 0 Å². The van der Waals surface area contributed by atoms with Crippen LogP contribution in [0.25, 0.3) is 0 Å². The maximum absolute atomic E-state index is 13.0. The number of carbonyl (C=O) groups is 2. The van der Waals surface area contributed by atoms with Crippen LogP contribution in [-0.2, 0) is 19.1 Å². The van der Waals surface area contributed by atoms with Crippen molar-refractivity contribution in [2.75, 3.05) is 53.1 Å². The average molecular weight is 349 g/mol. The van der Waals surface area contributed by atoms with Gasteiger partial charge in [0.1, 0.15) is 5.41 Å². The van der Waals surface area contributed by atoms with Gasteiger partial charge in [-0.3, -0.25) is 9.59 Å². The van der Waals surface area contributed by atoms with Crippen LogP contribution in [0.1, 0.15) is 32.1 Å². The summed E-state index contributed by atoms with van der Waals surface area (Å²) in [4.78, 5) is 29.7. The van der Waals surface area contributed by atoms with E-state index in [1.165, 1.54) is 0 Å². The Morgan fingerprint density at radius 3 is 2.72 bits per heavy atom. The summed E-state index contributed by atoms with van der Waals surface area (Å²) in [6.45, 7) is 3.79. The standard InChI is InChI=1S/C18H27N3O4/c1-24-12-9-20-7-2-3-18(16(20)23)4-8-21(14-18)15(22)17(13-19)5-10-25-11-6-17/h2-12,14H2,1H3. The number of ether oxygens (including phenoxy) is 2. The van der Waals surface area contributed by atoms with E-state index in [-0.39, 0.29) is 11.8 Å². The maximum Gasteiger partial charge on any atom is 0.243 e. The van der Waals surface area contributed by atoms with Crippen molar-refractivity contribution in [2.45, 2.75) is 32.1 Å². The average Bonchev–Trinajstić information content (AvgIpc) is 3.08.